The number of rotatable bonds is 7. The summed E-state index contributed by atoms with van der Waals surface area (Å²) in [7, 11) is 0. The molecule has 0 radical (unpaired) electrons. The van der Waals surface area contributed by atoms with Crippen LogP contribution in [0, 0.1) is 5.82 Å². The summed E-state index contributed by atoms with van der Waals surface area (Å²) in [6.45, 7) is 1.33. The zero-order valence-corrected chi connectivity index (χ0v) is 21.5. The van der Waals surface area contributed by atoms with E-state index in [0.29, 0.717) is 19.5 Å². The Bertz CT molecular complexity index is 1560. The summed E-state index contributed by atoms with van der Waals surface area (Å²) in [5.41, 5.74) is 7.15. The second-order valence-electron chi connectivity index (χ2n) is 10.2. The number of benzene rings is 4. The number of aromatic nitrogens is 1. The monoisotopic (exact) mass is 519 g/mol. The maximum Gasteiger partial charge on any atom is 0.249 e. The van der Waals surface area contributed by atoms with Gasteiger partial charge in [0.15, 0.2) is 0 Å². The second-order valence-corrected chi connectivity index (χ2v) is 10.2. The number of halogens is 1. The van der Waals surface area contributed by atoms with Crippen molar-refractivity contribution in [2.75, 3.05) is 11.4 Å². The average Bonchev–Trinajstić information content (AvgIpc) is 3.36. The topological polar surface area (TPSA) is 68.4 Å². The van der Waals surface area contributed by atoms with Crippen LogP contribution in [0.15, 0.2) is 103 Å². The smallest absolute Gasteiger partial charge is 0.249 e. The van der Waals surface area contributed by atoms with Gasteiger partial charge in [-0.1, -0.05) is 66.7 Å². The molecular weight excluding hydrogens is 489 g/mol. The van der Waals surface area contributed by atoms with Gasteiger partial charge in [-0.3, -0.25) is 4.79 Å². The summed E-state index contributed by atoms with van der Waals surface area (Å²) < 4.78 is 13.5. The first kappa shape index (κ1) is 24.9. The van der Waals surface area contributed by atoms with E-state index in [-0.39, 0.29) is 24.2 Å². The van der Waals surface area contributed by atoms with Crippen molar-refractivity contribution in [1.82, 2.24) is 10.3 Å². The molecule has 2 atom stereocenters. The third kappa shape index (κ3) is 5.56. The van der Waals surface area contributed by atoms with Crippen LogP contribution in [0.5, 0.6) is 0 Å². The van der Waals surface area contributed by atoms with Crippen LogP contribution in [0.3, 0.4) is 0 Å². The van der Waals surface area contributed by atoms with Crippen molar-refractivity contribution in [2.45, 2.75) is 31.5 Å². The van der Waals surface area contributed by atoms with Crippen LogP contribution in [-0.4, -0.2) is 34.7 Å². The molecule has 6 rings (SSSR count). The standard InChI is InChI=1S/C33H30FN3O2/c34-27-13-10-23(11-14-27)24-12-15-31-26(16-24)18-29(21-37(31)20-22-6-2-1-3-7-22)36-33(39)32(38)19-28-17-25-8-4-5-9-30(25)35-28/h1-17,29,32,35,38H,18-21H2,(H,36,39). The molecule has 0 saturated carbocycles. The predicted molar refractivity (Wildman–Crippen MR) is 153 cm³/mol. The molecule has 3 N–H and O–H groups in total. The van der Waals surface area contributed by atoms with Crippen molar-refractivity contribution in [2.24, 2.45) is 0 Å². The van der Waals surface area contributed by atoms with E-state index in [0.717, 1.165) is 39.0 Å². The Morgan fingerprint density at radius 1 is 0.949 bits per heavy atom. The lowest BCUT2D eigenvalue weighted by atomic mass is 9.93. The third-order valence-corrected chi connectivity index (χ3v) is 7.37. The first-order valence-corrected chi connectivity index (χ1v) is 13.2. The molecule has 1 aliphatic heterocycles. The second kappa shape index (κ2) is 10.8. The Kier molecular flexibility index (Phi) is 6.86. The molecule has 6 heteroatoms. The normalized spacial score (nSPS) is 15.6. The van der Waals surface area contributed by atoms with E-state index in [2.05, 4.69) is 45.5 Å². The van der Waals surface area contributed by atoms with Crippen LogP contribution in [0.25, 0.3) is 22.0 Å². The lowest BCUT2D eigenvalue weighted by molar-refractivity contribution is -0.130. The van der Waals surface area contributed by atoms with E-state index >= 15 is 0 Å². The van der Waals surface area contributed by atoms with Crippen LogP contribution in [-0.2, 0) is 24.2 Å². The first-order valence-electron chi connectivity index (χ1n) is 13.2. The van der Waals surface area contributed by atoms with Gasteiger partial charge in [0.2, 0.25) is 5.91 Å². The summed E-state index contributed by atoms with van der Waals surface area (Å²) in [4.78, 5) is 18.7. The number of hydrogen-bond donors (Lipinski definition) is 3. The molecule has 196 valence electrons. The number of nitrogens with one attached hydrogen (secondary N) is 2. The van der Waals surface area contributed by atoms with Gasteiger partial charge in [-0.15, -0.1) is 0 Å². The Morgan fingerprint density at radius 3 is 2.49 bits per heavy atom. The summed E-state index contributed by atoms with van der Waals surface area (Å²) in [5, 5.41) is 14.9. The van der Waals surface area contributed by atoms with E-state index in [1.807, 2.05) is 48.5 Å². The highest BCUT2D eigenvalue weighted by Gasteiger charge is 2.28. The van der Waals surface area contributed by atoms with Gasteiger partial charge in [0.25, 0.3) is 0 Å². The Morgan fingerprint density at radius 2 is 1.69 bits per heavy atom. The lowest BCUT2D eigenvalue weighted by Crippen LogP contribution is -2.51. The first-order chi connectivity index (χ1) is 19.0. The van der Waals surface area contributed by atoms with Crippen LogP contribution < -0.4 is 10.2 Å². The molecule has 4 aromatic carbocycles. The van der Waals surface area contributed by atoms with Crippen molar-refractivity contribution < 1.29 is 14.3 Å². The number of nitrogens with zero attached hydrogens (tertiary/aromatic N) is 1. The molecule has 0 spiro atoms. The van der Waals surface area contributed by atoms with Gasteiger partial charge in [0.05, 0.1) is 6.04 Å². The van der Waals surface area contributed by atoms with E-state index < -0.39 is 6.10 Å². The quantitative estimate of drug-likeness (QED) is 0.261. The maximum atomic E-state index is 13.5. The van der Waals surface area contributed by atoms with E-state index in [9.17, 15) is 14.3 Å². The largest absolute Gasteiger partial charge is 0.383 e. The third-order valence-electron chi connectivity index (χ3n) is 7.37. The number of aliphatic hydroxyl groups is 1. The van der Waals surface area contributed by atoms with Crippen molar-refractivity contribution in [1.29, 1.82) is 0 Å². The van der Waals surface area contributed by atoms with Gasteiger partial charge in [-0.25, -0.2) is 4.39 Å². The van der Waals surface area contributed by atoms with Gasteiger partial charge >= 0.3 is 0 Å². The number of aromatic amines is 1. The zero-order chi connectivity index (χ0) is 26.8. The molecule has 2 unspecified atom stereocenters. The molecule has 0 fully saturated rings. The lowest BCUT2D eigenvalue weighted by Gasteiger charge is -2.37. The highest BCUT2D eigenvalue weighted by Crippen LogP contribution is 2.33. The van der Waals surface area contributed by atoms with E-state index in [4.69, 9.17) is 0 Å². The minimum atomic E-state index is -1.16. The van der Waals surface area contributed by atoms with Crippen LogP contribution in [0.2, 0.25) is 0 Å². The fourth-order valence-corrected chi connectivity index (χ4v) is 5.47. The van der Waals surface area contributed by atoms with Gasteiger partial charge < -0.3 is 20.3 Å². The summed E-state index contributed by atoms with van der Waals surface area (Å²) in [6, 6.07) is 32.7. The fourth-order valence-electron chi connectivity index (χ4n) is 5.47. The molecule has 0 bridgehead atoms. The Hall–Kier alpha value is -4.42. The van der Waals surface area contributed by atoms with Crippen molar-refractivity contribution >= 4 is 22.5 Å². The summed E-state index contributed by atoms with van der Waals surface area (Å²) in [5.74, 6) is -0.643. The van der Waals surface area contributed by atoms with Crippen molar-refractivity contribution in [3.05, 3.63) is 126 Å². The summed E-state index contributed by atoms with van der Waals surface area (Å²) in [6.07, 6.45) is -0.306. The number of para-hydroxylation sites is 1. The number of anilines is 1. The maximum absolute atomic E-state index is 13.5. The zero-order valence-electron chi connectivity index (χ0n) is 21.5. The molecule has 0 aliphatic carbocycles. The Labute approximate surface area is 226 Å². The SMILES string of the molecule is O=C(NC1Cc2cc(-c3ccc(F)cc3)ccc2N(Cc2ccccc2)C1)C(O)Cc1cc2ccccc2[nH]1. The molecular formula is C33H30FN3O2. The van der Waals surface area contributed by atoms with Crippen molar-refractivity contribution in [3.8, 4) is 11.1 Å². The number of amides is 1. The average molecular weight is 520 g/mol. The molecule has 39 heavy (non-hydrogen) atoms. The molecule has 1 amide bonds. The highest BCUT2D eigenvalue weighted by molar-refractivity contribution is 5.83. The molecule has 5 aromatic rings. The minimum Gasteiger partial charge on any atom is -0.383 e. The molecule has 1 aliphatic rings. The number of fused-ring (bicyclic) bond motifs is 2. The van der Waals surface area contributed by atoms with Gasteiger partial charge in [-0.2, -0.15) is 0 Å². The van der Waals surface area contributed by atoms with Gasteiger partial charge in [-0.05, 0) is 70.5 Å². The van der Waals surface area contributed by atoms with E-state index in [1.165, 1.54) is 17.7 Å². The van der Waals surface area contributed by atoms with Gasteiger partial charge in [0, 0.05) is 36.4 Å². The summed E-state index contributed by atoms with van der Waals surface area (Å²) >= 11 is 0. The number of carbonyl (C=O) groups excluding carboxylic acids is 1. The van der Waals surface area contributed by atoms with E-state index in [1.54, 1.807) is 12.1 Å². The number of hydrogen-bond acceptors (Lipinski definition) is 3. The Balaban J connectivity index is 1.22. The number of carbonyl (C=O) groups is 1. The van der Waals surface area contributed by atoms with Crippen LogP contribution in [0.4, 0.5) is 10.1 Å². The molecule has 0 saturated heterocycles. The fraction of sp³-hybridized carbons (Fsp3) is 0.182. The molecule has 5 nitrogen and oxygen atoms in total. The van der Waals surface area contributed by atoms with Crippen molar-refractivity contribution in [3.63, 3.8) is 0 Å². The highest BCUT2D eigenvalue weighted by atomic mass is 19.1. The minimum absolute atomic E-state index is 0.172. The molecule has 2 heterocycles. The van der Waals surface area contributed by atoms with Gasteiger partial charge in [0.1, 0.15) is 11.9 Å². The van der Waals surface area contributed by atoms with Crippen LogP contribution in [0.1, 0.15) is 16.8 Å². The number of H-pyrrole nitrogens is 1. The number of aliphatic hydroxyl groups excluding tert-OH is 1. The predicted octanol–water partition coefficient (Wildman–Crippen LogP) is 5.63. The molecule has 1 aromatic heterocycles. The van der Waals surface area contributed by atoms with Crippen LogP contribution >= 0.6 is 0 Å².